The molecule has 0 saturated heterocycles. The van der Waals surface area contributed by atoms with Crippen molar-refractivity contribution in [3.63, 3.8) is 0 Å². The number of benzene rings is 1. The van der Waals surface area contributed by atoms with Gasteiger partial charge in [-0.05, 0) is 42.8 Å². The van der Waals surface area contributed by atoms with Crippen molar-refractivity contribution in [2.24, 2.45) is 0 Å². The SMILES string of the molecule is CC(NC(=O)c1ccc(Cn2cccn2)cc1)c1ccccn1. The van der Waals surface area contributed by atoms with E-state index in [-0.39, 0.29) is 11.9 Å². The molecule has 0 spiro atoms. The summed E-state index contributed by atoms with van der Waals surface area (Å²) in [5.41, 5.74) is 2.58. The predicted octanol–water partition coefficient (Wildman–Crippen LogP) is 2.82. The van der Waals surface area contributed by atoms with Gasteiger partial charge >= 0.3 is 0 Å². The van der Waals surface area contributed by atoms with Crippen molar-refractivity contribution in [1.82, 2.24) is 20.1 Å². The van der Waals surface area contributed by atoms with Gasteiger partial charge in [-0.25, -0.2) is 0 Å². The van der Waals surface area contributed by atoms with E-state index in [9.17, 15) is 4.79 Å². The lowest BCUT2D eigenvalue weighted by molar-refractivity contribution is 0.0939. The number of carbonyl (C=O) groups excluding carboxylic acids is 1. The summed E-state index contributed by atoms with van der Waals surface area (Å²) in [5, 5.41) is 7.13. The molecule has 0 aliphatic carbocycles. The van der Waals surface area contributed by atoms with Crippen LogP contribution in [0.1, 0.15) is 34.6 Å². The molecule has 2 heterocycles. The number of aromatic nitrogens is 3. The fourth-order valence-electron chi connectivity index (χ4n) is 2.33. The smallest absolute Gasteiger partial charge is 0.251 e. The van der Waals surface area contributed by atoms with Crippen LogP contribution in [0, 0.1) is 0 Å². The molecular formula is C18H18N4O. The second-order valence-electron chi connectivity index (χ2n) is 5.35. The first kappa shape index (κ1) is 15.0. The predicted molar refractivity (Wildman–Crippen MR) is 87.9 cm³/mol. The van der Waals surface area contributed by atoms with E-state index < -0.39 is 0 Å². The summed E-state index contributed by atoms with van der Waals surface area (Å²) in [6, 6.07) is 15.0. The maximum Gasteiger partial charge on any atom is 0.251 e. The van der Waals surface area contributed by atoms with Crippen molar-refractivity contribution in [2.45, 2.75) is 19.5 Å². The Labute approximate surface area is 135 Å². The number of pyridine rings is 1. The zero-order valence-corrected chi connectivity index (χ0v) is 12.9. The van der Waals surface area contributed by atoms with E-state index >= 15 is 0 Å². The number of rotatable bonds is 5. The fraction of sp³-hybridized carbons (Fsp3) is 0.167. The second-order valence-corrected chi connectivity index (χ2v) is 5.35. The molecule has 1 atom stereocenters. The molecule has 116 valence electrons. The van der Waals surface area contributed by atoms with Crippen LogP contribution in [0.2, 0.25) is 0 Å². The molecule has 1 N–H and O–H groups in total. The molecule has 0 radical (unpaired) electrons. The van der Waals surface area contributed by atoms with E-state index in [1.165, 1.54) is 0 Å². The molecule has 23 heavy (non-hydrogen) atoms. The Balaban J connectivity index is 1.63. The number of hydrogen-bond donors (Lipinski definition) is 1. The van der Waals surface area contributed by atoms with E-state index in [4.69, 9.17) is 0 Å². The van der Waals surface area contributed by atoms with Crippen molar-refractivity contribution in [3.8, 4) is 0 Å². The Morgan fingerprint density at radius 2 is 1.96 bits per heavy atom. The third kappa shape index (κ3) is 3.83. The highest BCUT2D eigenvalue weighted by Gasteiger charge is 2.12. The average Bonchev–Trinajstić information content (AvgIpc) is 3.09. The van der Waals surface area contributed by atoms with Crippen molar-refractivity contribution in [2.75, 3.05) is 0 Å². The summed E-state index contributed by atoms with van der Waals surface area (Å²) in [6.07, 6.45) is 5.39. The molecule has 3 rings (SSSR count). The van der Waals surface area contributed by atoms with Gasteiger partial charge in [-0.3, -0.25) is 14.5 Å². The largest absolute Gasteiger partial charge is 0.344 e. The van der Waals surface area contributed by atoms with Gasteiger partial charge in [0.1, 0.15) is 0 Å². The summed E-state index contributed by atoms with van der Waals surface area (Å²) in [6.45, 7) is 2.62. The molecule has 5 nitrogen and oxygen atoms in total. The number of hydrogen-bond acceptors (Lipinski definition) is 3. The quantitative estimate of drug-likeness (QED) is 0.788. The molecular weight excluding hydrogens is 288 g/mol. The van der Waals surface area contributed by atoms with Gasteiger partial charge in [0.15, 0.2) is 0 Å². The van der Waals surface area contributed by atoms with Crippen LogP contribution in [-0.2, 0) is 6.54 Å². The zero-order valence-electron chi connectivity index (χ0n) is 12.9. The van der Waals surface area contributed by atoms with Crippen LogP contribution in [0.4, 0.5) is 0 Å². The minimum absolute atomic E-state index is 0.103. The lowest BCUT2D eigenvalue weighted by Crippen LogP contribution is -2.27. The summed E-state index contributed by atoms with van der Waals surface area (Å²) in [5.74, 6) is -0.103. The van der Waals surface area contributed by atoms with Crippen LogP contribution in [-0.4, -0.2) is 20.7 Å². The highest BCUT2D eigenvalue weighted by Crippen LogP contribution is 2.11. The van der Waals surface area contributed by atoms with Gasteiger partial charge in [-0.2, -0.15) is 5.10 Å². The first-order valence-corrected chi connectivity index (χ1v) is 7.50. The van der Waals surface area contributed by atoms with Gasteiger partial charge in [-0.15, -0.1) is 0 Å². The standard InChI is InChI=1S/C18H18N4O/c1-14(17-5-2-3-10-19-17)21-18(23)16-8-6-15(7-9-16)13-22-12-4-11-20-22/h2-12,14H,13H2,1H3,(H,21,23). The van der Waals surface area contributed by atoms with E-state index in [0.717, 1.165) is 11.3 Å². The van der Waals surface area contributed by atoms with E-state index in [1.807, 2.05) is 66.3 Å². The summed E-state index contributed by atoms with van der Waals surface area (Å²) < 4.78 is 1.85. The average molecular weight is 306 g/mol. The molecule has 1 unspecified atom stereocenters. The molecule has 2 aromatic heterocycles. The number of nitrogens with one attached hydrogen (secondary N) is 1. The molecule has 3 aromatic rings. The van der Waals surface area contributed by atoms with Gasteiger partial charge < -0.3 is 5.32 Å². The third-order valence-corrected chi connectivity index (χ3v) is 3.60. The van der Waals surface area contributed by atoms with Crippen LogP contribution in [0.3, 0.4) is 0 Å². The van der Waals surface area contributed by atoms with Gasteiger partial charge in [0.05, 0.1) is 18.3 Å². The monoisotopic (exact) mass is 306 g/mol. The van der Waals surface area contributed by atoms with E-state index in [2.05, 4.69) is 15.4 Å². The molecule has 0 bridgehead atoms. The summed E-state index contributed by atoms with van der Waals surface area (Å²) >= 11 is 0. The zero-order chi connectivity index (χ0) is 16.1. The van der Waals surface area contributed by atoms with Gasteiger partial charge in [0.25, 0.3) is 5.91 Å². The van der Waals surface area contributed by atoms with Gasteiger partial charge in [0.2, 0.25) is 0 Å². The maximum atomic E-state index is 12.3. The third-order valence-electron chi connectivity index (χ3n) is 3.60. The number of amides is 1. The van der Waals surface area contributed by atoms with Crippen molar-refractivity contribution >= 4 is 5.91 Å². The normalized spacial score (nSPS) is 11.9. The Hall–Kier alpha value is -2.95. The number of carbonyl (C=O) groups is 1. The highest BCUT2D eigenvalue weighted by atomic mass is 16.1. The van der Waals surface area contributed by atoms with Crippen molar-refractivity contribution in [1.29, 1.82) is 0 Å². The minimum atomic E-state index is -0.132. The molecule has 0 saturated carbocycles. The molecule has 5 heteroatoms. The molecule has 0 aliphatic heterocycles. The highest BCUT2D eigenvalue weighted by molar-refractivity contribution is 5.94. The first-order valence-electron chi connectivity index (χ1n) is 7.50. The van der Waals surface area contributed by atoms with Gasteiger partial charge in [0, 0.05) is 24.2 Å². The molecule has 1 aromatic carbocycles. The van der Waals surface area contributed by atoms with E-state index in [1.54, 1.807) is 12.4 Å². The first-order chi connectivity index (χ1) is 11.2. The molecule has 1 amide bonds. The summed E-state index contributed by atoms with van der Waals surface area (Å²) in [7, 11) is 0. The molecule has 0 fully saturated rings. The Morgan fingerprint density at radius 1 is 1.13 bits per heavy atom. The lowest BCUT2D eigenvalue weighted by Gasteiger charge is -2.13. The fourth-order valence-corrected chi connectivity index (χ4v) is 2.33. The summed E-state index contributed by atoms with van der Waals surface area (Å²) in [4.78, 5) is 16.6. The van der Waals surface area contributed by atoms with E-state index in [0.29, 0.717) is 12.1 Å². The Bertz CT molecular complexity index is 751. The van der Waals surface area contributed by atoms with Crippen LogP contribution in [0.15, 0.2) is 67.1 Å². The lowest BCUT2D eigenvalue weighted by atomic mass is 10.1. The van der Waals surface area contributed by atoms with Crippen LogP contribution >= 0.6 is 0 Å². The Kier molecular flexibility index (Phi) is 4.47. The minimum Gasteiger partial charge on any atom is -0.344 e. The Morgan fingerprint density at radius 3 is 2.61 bits per heavy atom. The topological polar surface area (TPSA) is 59.8 Å². The van der Waals surface area contributed by atoms with Crippen LogP contribution in [0.5, 0.6) is 0 Å². The van der Waals surface area contributed by atoms with Crippen LogP contribution < -0.4 is 5.32 Å². The van der Waals surface area contributed by atoms with Crippen molar-refractivity contribution < 1.29 is 4.79 Å². The van der Waals surface area contributed by atoms with Gasteiger partial charge in [-0.1, -0.05) is 18.2 Å². The number of nitrogens with zero attached hydrogens (tertiary/aromatic N) is 3. The van der Waals surface area contributed by atoms with Crippen LogP contribution in [0.25, 0.3) is 0 Å². The maximum absolute atomic E-state index is 12.3. The molecule has 0 aliphatic rings. The second kappa shape index (κ2) is 6.87. The van der Waals surface area contributed by atoms with Crippen molar-refractivity contribution in [3.05, 3.63) is 83.9 Å².